The van der Waals surface area contributed by atoms with E-state index in [-0.39, 0.29) is 18.8 Å². The van der Waals surface area contributed by atoms with E-state index in [0.29, 0.717) is 5.56 Å². The highest BCUT2D eigenvalue weighted by Gasteiger charge is 2.49. The first kappa shape index (κ1) is 25.3. The molecule has 0 amide bonds. The van der Waals surface area contributed by atoms with Crippen LogP contribution in [0.15, 0.2) is 91.0 Å². The van der Waals surface area contributed by atoms with Crippen molar-refractivity contribution in [3.05, 3.63) is 108 Å². The van der Waals surface area contributed by atoms with E-state index in [4.69, 9.17) is 18.9 Å². The Morgan fingerprint density at radius 2 is 1.25 bits per heavy atom. The summed E-state index contributed by atoms with van der Waals surface area (Å²) < 4.78 is 21.6. The summed E-state index contributed by atoms with van der Waals surface area (Å²) in [5.41, 5.74) is 0.169. The van der Waals surface area contributed by atoms with Gasteiger partial charge in [-0.05, 0) is 29.8 Å². The van der Waals surface area contributed by atoms with Gasteiger partial charge < -0.3 is 24.1 Å². The number of carbonyl (C=O) groups is 3. The average Bonchev–Trinajstić information content (AvgIpc) is 3.21. The molecule has 0 aromatic heterocycles. The molecule has 0 saturated carbocycles. The summed E-state index contributed by atoms with van der Waals surface area (Å²) in [5, 5.41) is 9.94. The fourth-order valence-corrected chi connectivity index (χ4v) is 4.79. The third-order valence-electron chi connectivity index (χ3n) is 5.36. The van der Waals surface area contributed by atoms with Crippen molar-refractivity contribution in [3.8, 4) is 0 Å². The second-order valence-corrected chi connectivity index (χ2v) is 9.23. The summed E-state index contributed by atoms with van der Waals surface area (Å²) in [6.45, 7) is -0.205. The van der Waals surface area contributed by atoms with Crippen molar-refractivity contribution in [2.24, 2.45) is 0 Å². The van der Waals surface area contributed by atoms with Crippen LogP contribution in [0.2, 0.25) is 0 Å². The molecular formula is C27H24O8S. The number of esters is 2. The van der Waals surface area contributed by atoms with Gasteiger partial charge in [-0.15, -0.1) is 11.8 Å². The third kappa shape index (κ3) is 6.65. The lowest BCUT2D eigenvalue weighted by Gasteiger charge is -2.24. The fraction of sp³-hybridized carbons (Fsp3) is 0.222. The van der Waals surface area contributed by atoms with Gasteiger partial charge >= 0.3 is 18.1 Å². The molecule has 0 radical (unpaired) electrons. The number of thioether (sulfide) groups is 1. The molecule has 3 aromatic carbocycles. The number of benzene rings is 3. The van der Waals surface area contributed by atoms with Gasteiger partial charge in [0.25, 0.3) is 0 Å². The lowest BCUT2D eigenvalue weighted by Crippen LogP contribution is -2.42. The average molecular weight is 509 g/mol. The van der Waals surface area contributed by atoms with Crippen LogP contribution < -0.4 is 0 Å². The molecule has 8 nitrogen and oxygen atoms in total. The van der Waals surface area contributed by atoms with Gasteiger partial charge in [0.05, 0.1) is 16.4 Å². The number of carbonyl (C=O) groups excluding carboxylic acids is 3. The van der Waals surface area contributed by atoms with Crippen LogP contribution >= 0.6 is 11.8 Å². The largest absolute Gasteiger partial charge is 0.509 e. The Morgan fingerprint density at radius 3 is 1.86 bits per heavy atom. The minimum absolute atomic E-state index is 0.0256. The van der Waals surface area contributed by atoms with Crippen LogP contribution in [0.4, 0.5) is 4.79 Å². The van der Waals surface area contributed by atoms with Gasteiger partial charge in [0.2, 0.25) is 0 Å². The maximum Gasteiger partial charge on any atom is 0.509 e. The zero-order valence-electron chi connectivity index (χ0n) is 19.1. The maximum absolute atomic E-state index is 12.8. The standard InChI is InChI=1S/C27H24O8S/c28-24(19-12-6-2-7-13-19)32-17-21-22(34-25(29)20-14-8-3-9-15-20)23(26(30)36-21)35-27(31)33-16-18-10-4-1-5-11-18/h1-15,21-23,26,30H,16-17H2. The van der Waals surface area contributed by atoms with Crippen LogP contribution in [0.1, 0.15) is 26.3 Å². The Bertz CT molecular complexity index is 1160. The maximum atomic E-state index is 12.8. The topological polar surface area (TPSA) is 108 Å². The summed E-state index contributed by atoms with van der Waals surface area (Å²) >= 11 is 0.981. The molecule has 0 spiro atoms. The monoisotopic (exact) mass is 508 g/mol. The first-order chi connectivity index (χ1) is 17.5. The van der Waals surface area contributed by atoms with Crippen molar-refractivity contribution in [3.63, 3.8) is 0 Å². The van der Waals surface area contributed by atoms with Crippen LogP contribution in [0, 0.1) is 0 Å². The molecule has 4 atom stereocenters. The fourth-order valence-electron chi connectivity index (χ4n) is 3.55. The van der Waals surface area contributed by atoms with Crippen molar-refractivity contribution in [1.29, 1.82) is 0 Å². The van der Waals surface area contributed by atoms with Crippen LogP contribution in [0.5, 0.6) is 0 Å². The summed E-state index contributed by atoms with van der Waals surface area (Å²) in [7, 11) is 0. The van der Waals surface area contributed by atoms with Crippen LogP contribution in [0.25, 0.3) is 0 Å². The molecule has 1 N–H and O–H groups in total. The van der Waals surface area contributed by atoms with Crippen molar-refractivity contribution in [2.45, 2.75) is 29.5 Å². The molecule has 1 heterocycles. The molecule has 0 aliphatic carbocycles. The van der Waals surface area contributed by atoms with Crippen molar-refractivity contribution >= 4 is 29.9 Å². The van der Waals surface area contributed by atoms with E-state index in [0.717, 1.165) is 17.3 Å². The van der Waals surface area contributed by atoms with E-state index in [9.17, 15) is 19.5 Å². The SMILES string of the molecule is O=C(OCc1ccccc1)OC1C(O)SC(COC(=O)c2ccccc2)C1OC(=O)c1ccccc1. The summed E-state index contributed by atoms with van der Waals surface area (Å²) in [6, 6.07) is 25.7. The van der Waals surface area contributed by atoms with E-state index < -0.39 is 41.0 Å². The summed E-state index contributed by atoms with van der Waals surface area (Å²) in [6.07, 6.45) is -3.34. The summed E-state index contributed by atoms with van der Waals surface area (Å²) in [5.74, 6) is -1.23. The van der Waals surface area contributed by atoms with Gasteiger partial charge in [-0.25, -0.2) is 14.4 Å². The number of aliphatic hydroxyl groups is 1. The molecule has 0 bridgehead atoms. The molecule has 1 aliphatic heterocycles. The molecule has 1 fully saturated rings. The number of aliphatic hydroxyl groups excluding tert-OH is 1. The Morgan fingerprint density at radius 1 is 0.694 bits per heavy atom. The molecule has 1 aliphatic rings. The molecule has 4 unspecified atom stereocenters. The van der Waals surface area contributed by atoms with Crippen LogP contribution in [-0.2, 0) is 25.6 Å². The third-order valence-corrected chi connectivity index (χ3v) is 6.66. The molecule has 36 heavy (non-hydrogen) atoms. The zero-order valence-corrected chi connectivity index (χ0v) is 19.9. The molecule has 3 aromatic rings. The van der Waals surface area contributed by atoms with Gasteiger partial charge in [0.15, 0.2) is 12.2 Å². The molecular weight excluding hydrogens is 484 g/mol. The van der Waals surface area contributed by atoms with E-state index >= 15 is 0 Å². The highest BCUT2D eigenvalue weighted by molar-refractivity contribution is 8.00. The second kappa shape index (κ2) is 12.2. The van der Waals surface area contributed by atoms with Crippen LogP contribution in [0.3, 0.4) is 0 Å². The molecule has 186 valence electrons. The highest BCUT2D eigenvalue weighted by atomic mass is 32.2. The number of ether oxygens (including phenoxy) is 4. The van der Waals surface area contributed by atoms with Gasteiger partial charge in [0, 0.05) is 0 Å². The smallest absolute Gasteiger partial charge is 0.461 e. The van der Waals surface area contributed by atoms with E-state index in [1.165, 1.54) is 0 Å². The number of rotatable bonds is 8. The van der Waals surface area contributed by atoms with Gasteiger partial charge in [-0.3, -0.25) is 0 Å². The van der Waals surface area contributed by atoms with Gasteiger partial charge in [-0.1, -0.05) is 66.7 Å². The van der Waals surface area contributed by atoms with Crippen molar-refractivity contribution < 1.29 is 38.4 Å². The number of hydrogen-bond donors (Lipinski definition) is 1. The Kier molecular flexibility index (Phi) is 8.59. The lowest BCUT2D eigenvalue weighted by molar-refractivity contribution is -0.0675. The van der Waals surface area contributed by atoms with Crippen molar-refractivity contribution in [2.75, 3.05) is 6.61 Å². The lowest BCUT2D eigenvalue weighted by atomic mass is 10.1. The molecule has 4 rings (SSSR count). The highest BCUT2D eigenvalue weighted by Crippen LogP contribution is 2.37. The van der Waals surface area contributed by atoms with Gasteiger partial charge in [0.1, 0.15) is 18.6 Å². The molecule has 9 heteroatoms. The first-order valence-electron chi connectivity index (χ1n) is 11.2. The first-order valence-corrected chi connectivity index (χ1v) is 12.1. The van der Waals surface area contributed by atoms with Gasteiger partial charge in [-0.2, -0.15) is 0 Å². The van der Waals surface area contributed by atoms with Crippen molar-refractivity contribution in [1.82, 2.24) is 0 Å². The zero-order chi connectivity index (χ0) is 25.3. The quantitative estimate of drug-likeness (QED) is 0.353. The molecule has 1 saturated heterocycles. The Balaban J connectivity index is 1.44. The van der Waals surface area contributed by atoms with E-state index in [1.807, 2.05) is 18.2 Å². The predicted octanol–water partition coefficient (Wildman–Crippen LogP) is 4.22. The van der Waals surface area contributed by atoms with Crippen LogP contribution in [-0.4, -0.2) is 52.7 Å². The Hall–Kier alpha value is -3.82. The minimum atomic E-state index is -1.23. The minimum Gasteiger partial charge on any atom is -0.461 e. The Labute approximate surface area is 212 Å². The predicted molar refractivity (Wildman–Crippen MR) is 131 cm³/mol. The van der Waals surface area contributed by atoms with E-state index in [1.54, 1.807) is 72.8 Å². The van der Waals surface area contributed by atoms with E-state index in [2.05, 4.69) is 0 Å². The number of hydrogen-bond acceptors (Lipinski definition) is 9. The normalized spacial score (nSPS) is 20.8. The second-order valence-electron chi connectivity index (χ2n) is 7.87. The summed E-state index contributed by atoms with van der Waals surface area (Å²) in [4.78, 5) is 37.6.